The summed E-state index contributed by atoms with van der Waals surface area (Å²) in [6.45, 7) is 6.91. The van der Waals surface area contributed by atoms with Crippen molar-refractivity contribution >= 4 is 17.6 Å². The highest BCUT2D eigenvalue weighted by molar-refractivity contribution is 6.01. The lowest BCUT2D eigenvalue weighted by atomic mass is 10.2. The summed E-state index contributed by atoms with van der Waals surface area (Å²) in [6.07, 6.45) is 0. The van der Waals surface area contributed by atoms with Gasteiger partial charge in [-0.15, -0.1) is 5.10 Å². The number of para-hydroxylation sites is 1. The number of carbonyl (C=O) groups excluding carboxylic acids is 2. The minimum atomic E-state index is -0.568. The number of ether oxygens (including phenoxy) is 1. The van der Waals surface area contributed by atoms with Gasteiger partial charge in [-0.2, -0.15) is 4.68 Å². The van der Waals surface area contributed by atoms with Crippen LogP contribution in [0.1, 0.15) is 34.8 Å². The van der Waals surface area contributed by atoms with Crippen LogP contribution in [0.4, 0.5) is 5.69 Å². The van der Waals surface area contributed by atoms with Crippen molar-refractivity contribution in [3.8, 4) is 5.69 Å². The summed E-state index contributed by atoms with van der Waals surface area (Å²) in [6, 6.07) is 15.1. The van der Waals surface area contributed by atoms with Gasteiger partial charge in [0.05, 0.1) is 11.3 Å². The van der Waals surface area contributed by atoms with E-state index in [1.807, 2.05) is 6.07 Å². The van der Waals surface area contributed by atoms with Crippen LogP contribution < -0.4 is 11.0 Å². The molecule has 0 aliphatic heterocycles. The third kappa shape index (κ3) is 5.67. The van der Waals surface area contributed by atoms with Gasteiger partial charge in [-0.1, -0.05) is 32.0 Å². The average Bonchev–Trinajstić information content (AvgIpc) is 3.19. The third-order valence-corrected chi connectivity index (χ3v) is 4.75. The zero-order valence-corrected chi connectivity index (χ0v) is 17.5. The van der Waals surface area contributed by atoms with Crippen LogP contribution in [-0.4, -0.2) is 57.8 Å². The third-order valence-electron chi connectivity index (χ3n) is 4.75. The first-order chi connectivity index (χ1) is 15.0. The van der Waals surface area contributed by atoms with Crippen molar-refractivity contribution < 1.29 is 14.3 Å². The fraction of sp³-hybridized carbons (Fsp3) is 0.273. The molecular weight excluding hydrogens is 398 g/mol. The van der Waals surface area contributed by atoms with Crippen molar-refractivity contribution in [2.45, 2.75) is 13.8 Å². The van der Waals surface area contributed by atoms with Gasteiger partial charge in [0.1, 0.15) is 6.61 Å². The molecule has 0 radical (unpaired) electrons. The van der Waals surface area contributed by atoms with Crippen LogP contribution in [0.5, 0.6) is 0 Å². The van der Waals surface area contributed by atoms with E-state index in [9.17, 15) is 14.4 Å². The topological polar surface area (TPSA) is 109 Å². The number of rotatable bonds is 9. The van der Waals surface area contributed by atoms with Gasteiger partial charge in [0.2, 0.25) is 5.82 Å². The van der Waals surface area contributed by atoms with Gasteiger partial charge in [-0.05, 0) is 49.5 Å². The molecule has 0 saturated heterocycles. The molecule has 1 aromatic heterocycles. The first-order valence-electron chi connectivity index (χ1n) is 10.1. The van der Waals surface area contributed by atoms with Crippen molar-refractivity contribution in [3.63, 3.8) is 0 Å². The van der Waals surface area contributed by atoms with Gasteiger partial charge in [0.25, 0.3) is 5.91 Å². The Labute approximate surface area is 179 Å². The van der Waals surface area contributed by atoms with Crippen LogP contribution in [0.3, 0.4) is 0 Å². The molecule has 162 valence electrons. The number of anilines is 1. The molecule has 0 saturated carbocycles. The SMILES string of the molecule is CCN(CC)CCOC(=O)c1ccc(NC(=O)c2nn(-c3ccccc3)c(=O)[nH]2)cc1. The van der Waals surface area contributed by atoms with E-state index in [1.54, 1.807) is 48.5 Å². The normalized spacial score (nSPS) is 10.8. The van der Waals surface area contributed by atoms with Gasteiger partial charge < -0.3 is 15.0 Å². The molecule has 1 amide bonds. The molecule has 0 aliphatic rings. The predicted octanol–water partition coefficient (Wildman–Crippen LogP) is 2.31. The standard InChI is InChI=1S/C22H25N5O4/c1-3-26(4-2)14-15-31-21(29)16-10-12-17(13-11-16)23-20(28)19-24-22(30)27(25-19)18-8-6-5-7-9-18/h5-13H,3-4,14-15H2,1-2H3,(H,23,28)(H,24,25,30). The summed E-state index contributed by atoms with van der Waals surface area (Å²) in [7, 11) is 0. The van der Waals surface area contributed by atoms with E-state index in [-0.39, 0.29) is 5.82 Å². The van der Waals surface area contributed by atoms with Crippen molar-refractivity contribution in [2.24, 2.45) is 0 Å². The molecule has 31 heavy (non-hydrogen) atoms. The van der Waals surface area contributed by atoms with Gasteiger partial charge in [0.15, 0.2) is 0 Å². The number of benzene rings is 2. The van der Waals surface area contributed by atoms with Crippen molar-refractivity contribution in [2.75, 3.05) is 31.6 Å². The van der Waals surface area contributed by atoms with E-state index in [1.165, 1.54) is 0 Å². The largest absolute Gasteiger partial charge is 0.461 e. The van der Waals surface area contributed by atoms with Crippen molar-refractivity contribution in [3.05, 3.63) is 76.5 Å². The number of hydrogen-bond acceptors (Lipinski definition) is 6. The monoisotopic (exact) mass is 423 g/mol. The minimum absolute atomic E-state index is 0.117. The molecule has 2 N–H and O–H groups in total. The Bertz CT molecular complexity index is 1070. The number of nitrogens with zero attached hydrogens (tertiary/aromatic N) is 3. The predicted molar refractivity (Wildman–Crippen MR) is 117 cm³/mol. The minimum Gasteiger partial charge on any atom is -0.461 e. The van der Waals surface area contributed by atoms with E-state index >= 15 is 0 Å². The van der Waals surface area contributed by atoms with E-state index in [0.717, 1.165) is 17.8 Å². The molecule has 0 aliphatic carbocycles. The smallest absolute Gasteiger partial charge is 0.348 e. The lowest BCUT2D eigenvalue weighted by Gasteiger charge is -2.17. The highest BCUT2D eigenvalue weighted by atomic mass is 16.5. The Morgan fingerprint density at radius 3 is 2.39 bits per heavy atom. The molecular formula is C22H25N5O4. The van der Waals surface area contributed by atoms with Crippen LogP contribution in [0.15, 0.2) is 59.4 Å². The number of hydrogen-bond donors (Lipinski definition) is 2. The zero-order valence-electron chi connectivity index (χ0n) is 17.5. The Kier molecular flexibility index (Phi) is 7.34. The Morgan fingerprint density at radius 1 is 1.06 bits per heavy atom. The number of aromatic nitrogens is 3. The van der Waals surface area contributed by atoms with Crippen LogP contribution >= 0.6 is 0 Å². The second-order valence-electron chi connectivity index (χ2n) is 6.72. The molecule has 3 rings (SSSR count). The van der Waals surface area contributed by atoms with Crippen LogP contribution in [-0.2, 0) is 4.74 Å². The van der Waals surface area contributed by atoms with Crippen molar-refractivity contribution in [1.29, 1.82) is 0 Å². The highest BCUT2D eigenvalue weighted by Gasteiger charge is 2.15. The molecule has 0 atom stereocenters. The van der Waals surface area contributed by atoms with Gasteiger partial charge >= 0.3 is 11.7 Å². The molecule has 9 heteroatoms. The lowest BCUT2D eigenvalue weighted by Crippen LogP contribution is -2.27. The Hall–Kier alpha value is -3.72. The maximum Gasteiger partial charge on any atom is 0.348 e. The van der Waals surface area contributed by atoms with Crippen molar-refractivity contribution in [1.82, 2.24) is 19.7 Å². The molecule has 0 unspecified atom stereocenters. The average molecular weight is 423 g/mol. The van der Waals surface area contributed by atoms with Gasteiger partial charge in [-0.3, -0.25) is 9.78 Å². The fourth-order valence-electron chi connectivity index (χ4n) is 2.94. The maximum absolute atomic E-state index is 12.4. The number of esters is 1. The molecule has 9 nitrogen and oxygen atoms in total. The molecule has 3 aromatic rings. The number of likely N-dealkylation sites (N-methyl/N-ethyl adjacent to an activating group) is 1. The lowest BCUT2D eigenvalue weighted by molar-refractivity contribution is 0.0466. The first-order valence-corrected chi connectivity index (χ1v) is 10.1. The molecule has 0 fully saturated rings. The van der Waals surface area contributed by atoms with E-state index in [0.29, 0.717) is 30.1 Å². The summed E-state index contributed by atoms with van der Waals surface area (Å²) in [4.78, 5) is 41.3. The number of nitrogens with one attached hydrogen (secondary N) is 2. The zero-order chi connectivity index (χ0) is 22.2. The van der Waals surface area contributed by atoms with Gasteiger partial charge in [0, 0.05) is 12.2 Å². The quantitative estimate of drug-likeness (QED) is 0.511. The van der Waals surface area contributed by atoms with Crippen LogP contribution in [0, 0.1) is 0 Å². The Morgan fingerprint density at radius 2 is 1.74 bits per heavy atom. The summed E-state index contributed by atoms with van der Waals surface area (Å²) in [5.74, 6) is -1.11. The van der Waals surface area contributed by atoms with E-state index in [4.69, 9.17) is 4.74 Å². The number of carbonyl (C=O) groups is 2. The molecule has 1 heterocycles. The fourth-order valence-corrected chi connectivity index (χ4v) is 2.94. The Balaban J connectivity index is 1.59. The molecule has 2 aromatic carbocycles. The maximum atomic E-state index is 12.4. The second-order valence-corrected chi connectivity index (χ2v) is 6.72. The van der Waals surface area contributed by atoms with E-state index in [2.05, 4.69) is 34.1 Å². The van der Waals surface area contributed by atoms with Crippen LogP contribution in [0.25, 0.3) is 5.69 Å². The number of aromatic amines is 1. The summed E-state index contributed by atoms with van der Waals surface area (Å²) < 4.78 is 6.41. The summed E-state index contributed by atoms with van der Waals surface area (Å²) in [5.41, 5.74) is 0.880. The molecule has 0 bridgehead atoms. The van der Waals surface area contributed by atoms with E-state index < -0.39 is 17.6 Å². The number of H-pyrrole nitrogens is 1. The van der Waals surface area contributed by atoms with Crippen LogP contribution in [0.2, 0.25) is 0 Å². The first kappa shape index (κ1) is 22.0. The summed E-state index contributed by atoms with van der Waals surface area (Å²) in [5, 5.41) is 6.69. The molecule has 0 spiro atoms. The highest BCUT2D eigenvalue weighted by Crippen LogP contribution is 2.12. The van der Waals surface area contributed by atoms with Gasteiger partial charge in [-0.25, -0.2) is 9.59 Å². The summed E-state index contributed by atoms with van der Waals surface area (Å²) >= 11 is 0. The second kappa shape index (κ2) is 10.4. The number of amides is 1.